The van der Waals surface area contributed by atoms with Gasteiger partial charge in [-0.05, 0) is 25.8 Å². The topological polar surface area (TPSA) is 70.6 Å². The molecule has 0 bridgehead atoms. The van der Waals surface area contributed by atoms with E-state index < -0.39 is 0 Å². The number of anilines is 1. The van der Waals surface area contributed by atoms with Crippen molar-refractivity contribution in [2.75, 3.05) is 57.4 Å². The molecule has 23 heavy (non-hydrogen) atoms. The first-order valence-electron chi connectivity index (χ1n) is 8.48. The monoisotopic (exact) mass is 319 g/mol. The molecule has 0 saturated carbocycles. The molecular weight excluding hydrogens is 294 g/mol. The van der Waals surface area contributed by atoms with E-state index in [1.165, 1.54) is 12.8 Å². The maximum absolute atomic E-state index is 12.1. The average molecular weight is 319 g/mol. The van der Waals surface area contributed by atoms with Crippen LogP contribution in [0.1, 0.15) is 29.6 Å². The van der Waals surface area contributed by atoms with E-state index in [1.54, 1.807) is 12.4 Å². The lowest BCUT2D eigenvalue weighted by Gasteiger charge is -2.26. The molecule has 0 aliphatic carbocycles. The third-order valence-electron chi connectivity index (χ3n) is 4.33. The number of hydrogen-bond acceptors (Lipinski definition) is 6. The largest absolute Gasteiger partial charge is 0.379 e. The zero-order valence-corrected chi connectivity index (χ0v) is 13.5. The number of carbonyl (C=O) groups is 1. The fourth-order valence-corrected chi connectivity index (χ4v) is 2.95. The Labute approximate surface area is 137 Å². The molecule has 2 fully saturated rings. The summed E-state index contributed by atoms with van der Waals surface area (Å²) in [5.41, 5.74) is 0.527. The second-order valence-corrected chi connectivity index (χ2v) is 6.03. The molecule has 0 aromatic carbocycles. The third-order valence-corrected chi connectivity index (χ3v) is 4.33. The van der Waals surface area contributed by atoms with E-state index in [4.69, 9.17) is 4.74 Å². The van der Waals surface area contributed by atoms with Gasteiger partial charge in [-0.2, -0.15) is 0 Å². The summed E-state index contributed by atoms with van der Waals surface area (Å²) in [4.78, 5) is 25.2. The quantitative estimate of drug-likeness (QED) is 0.771. The number of ether oxygens (including phenoxy) is 1. The number of nitrogens with zero attached hydrogens (tertiary/aromatic N) is 4. The standard InChI is InChI=1S/C16H25N5O2/c22-15(17-4-3-5-20-8-10-23-11-9-20)14-12-18-16(19-13-14)21-6-1-2-7-21/h12-13H,1-11H2,(H,17,22). The molecule has 2 saturated heterocycles. The zero-order chi connectivity index (χ0) is 15.9. The number of nitrogens with one attached hydrogen (secondary N) is 1. The maximum Gasteiger partial charge on any atom is 0.254 e. The van der Waals surface area contributed by atoms with Crippen molar-refractivity contribution in [2.24, 2.45) is 0 Å². The summed E-state index contributed by atoms with van der Waals surface area (Å²) in [5, 5.41) is 2.94. The summed E-state index contributed by atoms with van der Waals surface area (Å²) in [7, 11) is 0. The summed E-state index contributed by atoms with van der Waals surface area (Å²) in [5.74, 6) is 0.631. The molecule has 0 radical (unpaired) electrons. The Morgan fingerprint density at radius 2 is 1.83 bits per heavy atom. The van der Waals surface area contributed by atoms with Gasteiger partial charge in [0.1, 0.15) is 0 Å². The van der Waals surface area contributed by atoms with Crippen LogP contribution in [-0.2, 0) is 4.74 Å². The number of hydrogen-bond donors (Lipinski definition) is 1. The van der Waals surface area contributed by atoms with Crippen LogP contribution >= 0.6 is 0 Å². The maximum atomic E-state index is 12.1. The minimum absolute atomic E-state index is 0.0973. The molecule has 3 rings (SSSR count). The first-order valence-corrected chi connectivity index (χ1v) is 8.48. The van der Waals surface area contributed by atoms with Gasteiger partial charge in [-0.15, -0.1) is 0 Å². The fraction of sp³-hybridized carbons (Fsp3) is 0.688. The van der Waals surface area contributed by atoms with Gasteiger partial charge in [-0.1, -0.05) is 0 Å². The molecule has 1 amide bonds. The Bertz CT molecular complexity index is 496. The second-order valence-electron chi connectivity index (χ2n) is 6.03. The third kappa shape index (κ3) is 4.62. The highest BCUT2D eigenvalue weighted by Crippen LogP contribution is 2.14. The van der Waals surface area contributed by atoms with Crippen LogP contribution < -0.4 is 10.2 Å². The van der Waals surface area contributed by atoms with Crippen molar-refractivity contribution in [3.05, 3.63) is 18.0 Å². The van der Waals surface area contributed by atoms with Gasteiger partial charge in [0.25, 0.3) is 5.91 Å². The molecule has 3 heterocycles. The van der Waals surface area contributed by atoms with Gasteiger partial charge in [0.05, 0.1) is 18.8 Å². The molecule has 2 aliphatic heterocycles. The summed E-state index contributed by atoms with van der Waals surface area (Å²) in [6, 6.07) is 0. The van der Waals surface area contributed by atoms with E-state index in [9.17, 15) is 4.79 Å². The minimum atomic E-state index is -0.0973. The van der Waals surface area contributed by atoms with E-state index in [1.807, 2.05) is 0 Å². The van der Waals surface area contributed by atoms with Crippen LogP contribution in [0.2, 0.25) is 0 Å². The molecule has 0 atom stereocenters. The highest BCUT2D eigenvalue weighted by molar-refractivity contribution is 5.93. The van der Waals surface area contributed by atoms with Crippen molar-refractivity contribution in [2.45, 2.75) is 19.3 Å². The van der Waals surface area contributed by atoms with Gasteiger partial charge in [-0.3, -0.25) is 9.69 Å². The lowest BCUT2D eigenvalue weighted by molar-refractivity contribution is 0.0374. The van der Waals surface area contributed by atoms with Gasteiger partial charge in [-0.25, -0.2) is 9.97 Å². The Balaban J connectivity index is 1.39. The highest BCUT2D eigenvalue weighted by Gasteiger charge is 2.15. The first-order chi connectivity index (χ1) is 11.3. The summed E-state index contributed by atoms with van der Waals surface area (Å²) < 4.78 is 5.32. The Morgan fingerprint density at radius 1 is 1.13 bits per heavy atom. The molecule has 7 nitrogen and oxygen atoms in total. The predicted molar refractivity (Wildman–Crippen MR) is 87.7 cm³/mol. The Kier molecular flexibility index (Phi) is 5.76. The Morgan fingerprint density at radius 3 is 2.52 bits per heavy atom. The van der Waals surface area contributed by atoms with Gasteiger partial charge in [0.15, 0.2) is 0 Å². The van der Waals surface area contributed by atoms with Crippen molar-refractivity contribution >= 4 is 11.9 Å². The predicted octanol–water partition coefficient (Wildman–Crippen LogP) is 0.529. The summed E-state index contributed by atoms with van der Waals surface area (Å²) in [6.45, 7) is 7.28. The van der Waals surface area contributed by atoms with Crippen LogP contribution in [0.4, 0.5) is 5.95 Å². The van der Waals surface area contributed by atoms with Gasteiger partial charge >= 0.3 is 0 Å². The fourth-order valence-electron chi connectivity index (χ4n) is 2.95. The minimum Gasteiger partial charge on any atom is -0.379 e. The van der Waals surface area contributed by atoms with Crippen molar-refractivity contribution in [1.29, 1.82) is 0 Å². The number of carbonyl (C=O) groups excluding carboxylic acids is 1. The molecule has 1 aromatic heterocycles. The smallest absolute Gasteiger partial charge is 0.254 e. The lowest BCUT2D eigenvalue weighted by atomic mass is 10.3. The molecule has 7 heteroatoms. The van der Waals surface area contributed by atoms with Crippen LogP contribution in [0.25, 0.3) is 0 Å². The summed E-state index contributed by atoms with van der Waals surface area (Å²) >= 11 is 0. The SMILES string of the molecule is O=C(NCCCN1CCOCC1)c1cnc(N2CCCC2)nc1. The van der Waals surface area contributed by atoms with Gasteiger partial charge in [0, 0.05) is 45.1 Å². The van der Waals surface area contributed by atoms with Crippen molar-refractivity contribution in [3.63, 3.8) is 0 Å². The molecule has 0 unspecified atom stereocenters. The van der Waals surface area contributed by atoms with E-state index in [0.29, 0.717) is 12.1 Å². The van der Waals surface area contributed by atoms with E-state index in [-0.39, 0.29) is 5.91 Å². The second kappa shape index (κ2) is 8.21. The van der Waals surface area contributed by atoms with E-state index in [0.717, 1.165) is 58.3 Å². The van der Waals surface area contributed by atoms with Crippen LogP contribution in [-0.4, -0.2) is 73.3 Å². The number of morpholine rings is 1. The van der Waals surface area contributed by atoms with E-state index >= 15 is 0 Å². The van der Waals surface area contributed by atoms with Crippen LogP contribution in [0.15, 0.2) is 12.4 Å². The molecular formula is C16H25N5O2. The molecule has 0 spiro atoms. The van der Waals surface area contributed by atoms with E-state index in [2.05, 4.69) is 25.1 Å². The van der Waals surface area contributed by atoms with Crippen molar-refractivity contribution < 1.29 is 9.53 Å². The van der Waals surface area contributed by atoms with Crippen molar-refractivity contribution in [3.8, 4) is 0 Å². The van der Waals surface area contributed by atoms with Crippen LogP contribution in [0, 0.1) is 0 Å². The molecule has 126 valence electrons. The number of rotatable bonds is 6. The van der Waals surface area contributed by atoms with Crippen molar-refractivity contribution in [1.82, 2.24) is 20.2 Å². The number of amides is 1. The van der Waals surface area contributed by atoms with Crippen LogP contribution in [0.5, 0.6) is 0 Å². The molecule has 2 aliphatic rings. The normalized spacial score (nSPS) is 19.0. The summed E-state index contributed by atoms with van der Waals surface area (Å²) in [6.07, 6.45) is 6.57. The first kappa shape index (κ1) is 16.1. The number of aromatic nitrogens is 2. The van der Waals surface area contributed by atoms with Gasteiger partial charge < -0.3 is 15.0 Å². The van der Waals surface area contributed by atoms with Gasteiger partial charge in [0.2, 0.25) is 5.95 Å². The lowest BCUT2D eigenvalue weighted by Crippen LogP contribution is -2.38. The highest BCUT2D eigenvalue weighted by atomic mass is 16.5. The molecule has 1 N–H and O–H groups in total. The van der Waals surface area contributed by atoms with Crippen LogP contribution in [0.3, 0.4) is 0 Å². The zero-order valence-electron chi connectivity index (χ0n) is 13.5. The average Bonchev–Trinajstić information content (AvgIpc) is 3.14. The molecule has 1 aromatic rings. The Hall–Kier alpha value is -1.73.